The molecule has 3 nitrogen and oxygen atoms in total. The van der Waals surface area contributed by atoms with E-state index in [1.54, 1.807) is 7.11 Å². The minimum Gasteiger partial charge on any atom is -0.393 e. The maximum atomic E-state index is 9.08. The Hall–Kier alpha value is -0.120. The zero-order valence-corrected chi connectivity index (χ0v) is 6.25. The van der Waals surface area contributed by atoms with Crippen molar-refractivity contribution < 1.29 is 14.6 Å². The van der Waals surface area contributed by atoms with Gasteiger partial charge >= 0.3 is 0 Å². The Balaban J connectivity index is 2.06. The molecule has 0 aromatic heterocycles. The summed E-state index contributed by atoms with van der Waals surface area (Å²) in [7, 11) is 1.60. The molecule has 1 fully saturated rings. The van der Waals surface area contributed by atoms with Crippen molar-refractivity contribution in [1.29, 1.82) is 0 Å². The summed E-state index contributed by atoms with van der Waals surface area (Å²) < 4.78 is 9.98. The van der Waals surface area contributed by atoms with Gasteiger partial charge in [0.05, 0.1) is 12.2 Å². The fourth-order valence-corrected chi connectivity index (χ4v) is 1.23. The number of aliphatic hydroxyl groups excluding tert-OH is 1. The van der Waals surface area contributed by atoms with Gasteiger partial charge in [-0.05, 0) is 19.3 Å². The van der Waals surface area contributed by atoms with E-state index in [1.165, 1.54) is 0 Å². The molecule has 1 saturated carbocycles. The molecule has 0 aliphatic heterocycles. The quantitative estimate of drug-likeness (QED) is 0.590. The molecular weight excluding hydrogens is 132 g/mol. The summed E-state index contributed by atoms with van der Waals surface area (Å²) in [5.74, 6) is 0. The van der Waals surface area contributed by atoms with Crippen LogP contribution < -0.4 is 0 Å². The summed E-state index contributed by atoms with van der Waals surface area (Å²) >= 11 is 0. The van der Waals surface area contributed by atoms with E-state index in [1.807, 2.05) is 0 Å². The smallest absolute Gasteiger partial charge is 0.146 e. The first-order valence-electron chi connectivity index (χ1n) is 3.61. The average Bonchev–Trinajstić information content (AvgIpc) is 2.31. The molecule has 2 atom stereocenters. The summed E-state index contributed by atoms with van der Waals surface area (Å²) in [6.45, 7) is 0.345. The van der Waals surface area contributed by atoms with Crippen LogP contribution in [0.4, 0.5) is 0 Å². The van der Waals surface area contributed by atoms with Crippen molar-refractivity contribution in [3.63, 3.8) is 0 Å². The van der Waals surface area contributed by atoms with Crippen LogP contribution in [0.15, 0.2) is 0 Å². The molecule has 3 heteroatoms. The number of methoxy groups -OCH3 is 1. The van der Waals surface area contributed by atoms with Crippen LogP contribution in [0.3, 0.4) is 0 Å². The van der Waals surface area contributed by atoms with E-state index in [9.17, 15) is 0 Å². The highest BCUT2D eigenvalue weighted by atomic mass is 16.7. The van der Waals surface area contributed by atoms with E-state index < -0.39 is 0 Å². The monoisotopic (exact) mass is 146 g/mol. The molecule has 1 N–H and O–H groups in total. The summed E-state index contributed by atoms with van der Waals surface area (Å²) in [5, 5.41) is 9.08. The van der Waals surface area contributed by atoms with Gasteiger partial charge in [0.2, 0.25) is 0 Å². The van der Waals surface area contributed by atoms with Crippen molar-refractivity contribution in [2.45, 2.75) is 31.5 Å². The highest BCUT2D eigenvalue weighted by Crippen LogP contribution is 2.21. The van der Waals surface area contributed by atoms with Crippen molar-refractivity contribution >= 4 is 0 Å². The lowest BCUT2D eigenvalue weighted by Crippen LogP contribution is -2.11. The van der Waals surface area contributed by atoms with Gasteiger partial charge in [-0.3, -0.25) is 0 Å². The fraction of sp³-hybridized carbons (Fsp3) is 1.00. The first-order chi connectivity index (χ1) is 4.83. The van der Waals surface area contributed by atoms with Crippen molar-refractivity contribution in [3.8, 4) is 0 Å². The molecule has 0 radical (unpaired) electrons. The summed E-state index contributed by atoms with van der Waals surface area (Å²) in [6, 6.07) is 0. The Kier molecular flexibility index (Phi) is 3.12. The lowest BCUT2D eigenvalue weighted by Gasteiger charge is -2.08. The molecule has 10 heavy (non-hydrogen) atoms. The first kappa shape index (κ1) is 7.98. The summed E-state index contributed by atoms with van der Waals surface area (Å²) in [4.78, 5) is 0. The number of ether oxygens (including phenoxy) is 2. The first-order valence-corrected chi connectivity index (χ1v) is 3.61. The average molecular weight is 146 g/mol. The lowest BCUT2D eigenvalue weighted by atomic mass is 10.3. The molecule has 0 saturated heterocycles. The molecule has 2 unspecified atom stereocenters. The predicted molar refractivity (Wildman–Crippen MR) is 36.6 cm³/mol. The molecule has 0 heterocycles. The van der Waals surface area contributed by atoms with Gasteiger partial charge in [0, 0.05) is 7.11 Å². The van der Waals surface area contributed by atoms with Gasteiger partial charge in [0.1, 0.15) is 6.79 Å². The van der Waals surface area contributed by atoms with Crippen LogP contribution in [0.5, 0.6) is 0 Å². The van der Waals surface area contributed by atoms with E-state index in [4.69, 9.17) is 14.6 Å². The van der Waals surface area contributed by atoms with Crippen molar-refractivity contribution in [1.82, 2.24) is 0 Å². The Labute approximate surface area is 60.9 Å². The van der Waals surface area contributed by atoms with Crippen LogP contribution in [0.2, 0.25) is 0 Å². The SMILES string of the molecule is COCOC1CCC(O)C1. The molecule has 0 spiro atoms. The number of hydrogen-bond donors (Lipinski definition) is 1. The molecule has 1 aliphatic rings. The van der Waals surface area contributed by atoms with Crippen LogP contribution >= 0.6 is 0 Å². The Morgan fingerprint density at radius 2 is 2.30 bits per heavy atom. The van der Waals surface area contributed by atoms with Crippen LogP contribution in [-0.4, -0.2) is 31.2 Å². The zero-order chi connectivity index (χ0) is 7.40. The van der Waals surface area contributed by atoms with Gasteiger partial charge in [-0.2, -0.15) is 0 Å². The van der Waals surface area contributed by atoms with E-state index >= 15 is 0 Å². The van der Waals surface area contributed by atoms with Crippen LogP contribution in [0.25, 0.3) is 0 Å². The molecule has 1 aliphatic carbocycles. The van der Waals surface area contributed by atoms with Crippen molar-refractivity contribution in [3.05, 3.63) is 0 Å². The van der Waals surface area contributed by atoms with Gasteiger partial charge in [0.25, 0.3) is 0 Å². The van der Waals surface area contributed by atoms with Crippen LogP contribution in [-0.2, 0) is 9.47 Å². The van der Waals surface area contributed by atoms with E-state index in [0.717, 1.165) is 19.3 Å². The van der Waals surface area contributed by atoms with Gasteiger partial charge in [0.15, 0.2) is 0 Å². The fourth-order valence-electron chi connectivity index (χ4n) is 1.23. The molecular formula is C7H14O3. The summed E-state index contributed by atoms with van der Waals surface area (Å²) in [5.41, 5.74) is 0. The Morgan fingerprint density at radius 3 is 2.80 bits per heavy atom. The predicted octanol–water partition coefficient (Wildman–Crippen LogP) is 0.520. The third-order valence-corrected chi connectivity index (χ3v) is 1.78. The molecule has 60 valence electrons. The molecule has 0 bridgehead atoms. The van der Waals surface area contributed by atoms with E-state index in [2.05, 4.69) is 0 Å². The molecule has 0 amide bonds. The van der Waals surface area contributed by atoms with Gasteiger partial charge in [-0.25, -0.2) is 0 Å². The van der Waals surface area contributed by atoms with Gasteiger partial charge in [-0.1, -0.05) is 0 Å². The number of hydrogen-bond acceptors (Lipinski definition) is 3. The second-order valence-corrected chi connectivity index (χ2v) is 2.66. The largest absolute Gasteiger partial charge is 0.393 e. The normalized spacial score (nSPS) is 33.0. The van der Waals surface area contributed by atoms with Crippen molar-refractivity contribution in [2.75, 3.05) is 13.9 Å². The topological polar surface area (TPSA) is 38.7 Å². The third-order valence-electron chi connectivity index (χ3n) is 1.78. The van der Waals surface area contributed by atoms with Crippen LogP contribution in [0, 0.1) is 0 Å². The zero-order valence-electron chi connectivity index (χ0n) is 6.25. The van der Waals surface area contributed by atoms with Gasteiger partial charge < -0.3 is 14.6 Å². The maximum Gasteiger partial charge on any atom is 0.146 e. The Morgan fingerprint density at radius 1 is 1.50 bits per heavy atom. The minimum absolute atomic E-state index is 0.151. The van der Waals surface area contributed by atoms with Crippen molar-refractivity contribution in [2.24, 2.45) is 0 Å². The number of rotatable bonds is 3. The van der Waals surface area contributed by atoms with E-state index in [-0.39, 0.29) is 12.2 Å². The van der Waals surface area contributed by atoms with Gasteiger partial charge in [-0.15, -0.1) is 0 Å². The summed E-state index contributed by atoms with van der Waals surface area (Å²) in [6.07, 6.45) is 2.67. The molecule has 0 aromatic carbocycles. The molecule has 1 rings (SSSR count). The molecule has 0 aromatic rings. The lowest BCUT2D eigenvalue weighted by molar-refractivity contribution is -0.0715. The Bertz CT molecular complexity index is 94.9. The second-order valence-electron chi connectivity index (χ2n) is 2.66. The minimum atomic E-state index is -0.151. The van der Waals surface area contributed by atoms with Crippen LogP contribution in [0.1, 0.15) is 19.3 Å². The number of aliphatic hydroxyl groups is 1. The van der Waals surface area contributed by atoms with E-state index in [0.29, 0.717) is 6.79 Å². The second kappa shape index (κ2) is 3.91. The highest BCUT2D eigenvalue weighted by molar-refractivity contribution is 4.74. The highest BCUT2D eigenvalue weighted by Gasteiger charge is 2.22. The standard InChI is InChI=1S/C7H14O3/c1-9-5-10-7-3-2-6(8)4-7/h6-8H,2-5H2,1H3. The third kappa shape index (κ3) is 2.25. The maximum absolute atomic E-state index is 9.08.